The van der Waals surface area contributed by atoms with Gasteiger partial charge in [0, 0.05) is 36.2 Å². The summed E-state index contributed by atoms with van der Waals surface area (Å²) in [5.41, 5.74) is 2.94. The summed E-state index contributed by atoms with van der Waals surface area (Å²) in [6.45, 7) is 9.23. The van der Waals surface area contributed by atoms with E-state index in [9.17, 15) is 4.79 Å². The smallest absolute Gasteiger partial charge is 0.254 e. The second kappa shape index (κ2) is 7.68. The SMILES string of the molecule is CCC(C)n1ncc(C(=O)NCCc2csc(C(C)C)n2)c1C1CC1. The molecule has 0 spiro atoms. The lowest BCUT2D eigenvalue weighted by atomic mass is 10.1. The summed E-state index contributed by atoms with van der Waals surface area (Å²) in [6, 6.07) is 0.335. The molecule has 1 N–H and O–H groups in total. The largest absolute Gasteiger partial charge is 0.352 e. The Morgan fingerprint density at radius 1 is 1.40 bits per heavy atom. The monoisotopic (exact) mass is 360 g/mol. The van der Waals surface area contributed by atoms with Gasteiger partial charge in [-0.15, -0.1) is 11.3 Å². The Bertz CT molecular complexity index is 730. The Morgan fingerprint density at radius 3 is 2.76 bits per heavy atom. The molecule has 1 aliphatic carbocycles. The van der Waals surface area contributed by atoms with Crippen LogP contribution in [-0.2, 0) is 6.42 Å². The van der Waals surface area contributed by atoms with Crippen molar-refractivity contribution in [2.75, 3.05) is 6.54 Å². The van der Waals surface area contributed by atoms with Crippen LogP contribution in [0.1, 0.15) is 91.6 Å². The molecule has 0 aliphatic heterocycles. The summed E-state index contributed by atoms with van der Waals surface area (Å²) in [5.74, 6) is 0.959. The highest BCUT2D eigenvalue weighted by molar-refractivity contribution is 7.09. The highest BCUT2D eigenvalue weighted by Crippen LogP contribution is 2.42. The molecule has 1 unspecified atom stereocenters. The molecule has 0 saturated heterocycles. The molecule has 25 heavy (non-hydrogen) atoms. The number of nitrogens with zero attached hydrogens (tertiary/aromatic N) is 3. The lowest BCUT2D eigenvalue weighted by Gasteiger charge is -2.14. The van der Waals surface area contributed by atoms with Crippen molar-refractivity contribution in [1.29, 1.82) is 0 Å². The average Bonchev–Trinajstić information content (AvgIpc) is 3.15. The van der Waals surface area contributed by atoms with Gasteiger partial charge in [0.2, 0.25) is 0 Å². The Morgan fingerprint density at radius 2 is 2.16 bits per heavy atom. The predicted molar refractivity (Wildman–Crippen MR) is 101 cm³/mol. The average molecular weight is 361 g/mol. The molecular weight excluding hydrogens is 332 g/mol. The lowest BCUT2D eigenvalue weighted by Crippen LogP contribution is -2.26. The van der Waals surface area contributed by atoms with Gasteiger partial charge in [-0.3, -0.25) is 9.48 Å². The topological polar surface area (TPSA) is 59.8 Å². The first-order valence-corrected chi connectivity index (χ1v) is 10.2. The van der Waals surface area contributed by atoms with Gasteiger partial charge in [0.15, 0.2) is 0 Å². The van der Waals surface area contributed by atoms with Crippen molar-refractivity contribution in [2.24, 2.45) is 0 Å². The van der Waals surface area contributed by atoms with E-state index in [2.05, 4.69) is 53.2 Å². The van der Waals surface area contributed by atoms with E-state index in [1.807, 2.05) is 0 Å². The van der Waals surface area contributed by atoms with E-state index < -0.39 is 0 Å². The Kier molecular flexibility index (Phi) is 5.57. The van der Waals surface area contributed by atoms with Crippen LogP contribution in [0.5, 0.6) is 0 Å². The van der Waals surface area contributed by atoms with Gasteiger partial charge < -0.3 is 5.32 Å². The van der Waals surface area contributed by atoms with Crippen LogP contribution >= 0.6 is 11.3 Å². The van der Waals surface area contributed by atoms with Crippen molar-refractivity contribution in [1.82, 2.24) is 20.1 Å². The van der Waals surface area contributed by atoms with Crippen molar-refractivity contribution in [2.45, 2.75) is 71.3 Å². The number of hydrogen-bond acceptors (Lipinski definition) is 4. The van der Waals surface area contributed by atoms with E-state index in [1.165, 1.54) is 12.8 Å². The van der Waals surface area contributed by atoms with E-state index in [4.69, 9.17) is 0 Å². The molecule has 3 rings (SSSR count). The van der Waals surface area contributed by atoms with Crippen molar-refractivity contribution in [3.05, 3.63) is 33.5 Å². The Balaban J connectivity index is 1.62. The van der Waals surface area contributed by atoms with E-state index >= 15 is 0 Å². The third-order valence-corrected chi connectivity index (χ3v) is 5.98. The molecule has 2 aromatic heterocycles. The maximum absolute atomic E-state index is 12.6. The van der Waals surface area contributed by atoms with E-state index in [-0.39, 0.29) is 5.91 Å². The summed E-state index contributed by atoms with van der Waals surface area (Å²) in [7, 11) is 0. The molecule has 1 atom stereocenters. The lowest BCUT2D eigenvalue weighted by molar-refractivity contribution is 0.0953. The number of nitrogens with one attached hydrogen (secondary N) is 1. The highest BCUT2D eigenvalue weighted by Gasteiger charge is 2.33. The molecule has 1 saturated carbocycles. The molecule has 1 amide bonds. The molecule has 5 nitrogen and oxygen atoms in total. The molecule has 2 heterocycles. The second-order valence-corrected chi connectivity index (χ2v) is 8.15. The van der Waals surface area contributed by atoms with Gasteiger partial charge in [-0.1, -0.05) is 20.8 Å². The van der Waals surface area contributed by atoms with Gasteiger partial charge in [-0.2, -0.15) is 5.10 Å². The first kappa shape index (κ1) is 18.1. The zero-order valence-corrected chi connectivity index (χ0v) is 16.4. The number of rotatable bonds is 8. The predicted octanol–water partition coefficient (Wildman–Crippen LogP) is 4.28. The van der Waals surface area contributed by atoms with E-state index in [0.717, 1.165) is 34.8 Å². The van der Waals surface area contributed by atoms with Gasteiger partial charge >= 0.3 is 0 Å². The molecule has 0 aromatic carbocycles. The fraction of sp³-hybridized carbons (Fsp3) is 0.632. The van der Waals surface area contributed by atoms with Gasteiger partial charge in [-0.05, 0) is 26.2 Å². The molecule has 0 radical (unpaired) electrons. The van der Waals surface area contributed by atoms with Crippen molar-refractivity contribution in [3.8, 4) is 0 Å². The fourth-order valence-electron chi connectivity index (χ4n) is 2.94. The molecule has 6 heteroatoms. The number of thiazole rings is 1. The first-order chi connectivity index (χ1) is 12.0. The van der Waals surface area contributed by atoms with E-state index in [1.54, 1.807) is 17.5 Å². The zero-order valence-electron chi connectivity index (χ0n) is 15.6. The number of carbonyl (C=O) groups excluding carboxylic acids is 1. The summed E-state index contributed by atoms with van der Waals surface area (Å²) >= 11 is 1.70. The van der Waals surface area contributed by atoms with Crippen LogP contribution < -0.4 is 5.32 Å². The molecule has 1 aliphatic rings. The fourth-order valence-corrected chi connectivity index (χ4v) is 3.81. The van der Waals surface area contributed by atoms with Gasteiger partial charge in [0.1, 0.15) is 0 Å². The van der Waals surface area contributed by atoms with Crippen LogP contribution in [0.2, 0.25) is 0 Å². The molecular formula is C19H28N4OS. The minimum Gasteiger partial charge on any atom is -0.352 e. The molecule has 136 valence electrons. The number of carbonyl (C=O) groups is 1. The summed E-state index contributed by atoms with van der Waals surface area (Å²) in [5, 5.41) is 10.8. The minimum absolute atomic E-state index is 0.00392. The van der Waals surface area contributed by atoms with Crippen LogP contribution in [0, 0.1) is 0 Å². The number of hydrogen-bond donors (Lipinski definition) is 1. The van der Waals surface area contributed by atoms with Crippen LogP contribution in [0.15, 0.2) is 11.6 Å². The zero-order chi connectivity index (χ0) is 18.0. The third-order valence-electron chi connectivity index (χ3n) is 4.78. The van der Waals surface area contributed by atoms with Gasteiger partial charge in [-0.25, -0.2) is 4.98 Å². The molecule has 1 fully saturated rings. The number of amides is 1. The maximum Gasteiger partial charge on any atom is 0.254 e. The molecule has 0 bridgehead atoms. The van der Waals surface area contributed by atoms with Crippen LogP contribution in [0.4, 0.5) is 0 Å². The maximum atomic E-state index is 12.6. The van der Waals surface area contributed by atoms with E-state index in [0.29, 0.717) is 24.4 Å². The highest BCUT2D eigenvalue weighted by atomic mass is 32.1. The minimum atomic E-state index is -0.00392. The Hall–Kier alpha value is -1.69. The van der Waals surface area contributed by atoms with Crippen LogP contribution in [0.3, 0.4) is 0 Å². The molecule has 2 aromatic rings. The second-order valence-electron chi connectivity index (χ2n) is 7.26. The summed E-state index contributed by atoms with van der Waals surface area (Å²) in [6.07, 6.45) is 5.87. The number of aromatic nitrogens is 3. The van der Waals surface area contributed by atoms with Crippen molar-refractivity contribution < 1.29 is 4.79 Å². The van der Waals surface area contributed by atoms with Crippen LogP contribution in [0.25, 0.3) is 0 Å². The van der Waals surface area contributed by atoms with Crippen LogP contribution in [-0.4, -0.2) is 27.2 Å². The summed E-state index contributed by atoms with van der Waals surface area (Å²) in [4.78, 5) is 17.3. The summed E-state index contributed by atoms with van der Waals surface area (Å²) < 4.78 is 2.06. The van der Waals surface area contributed by atoms with Crippen molar-refractivity contribution >= 4 is 17.2 Å². The third kappa shape index (κ3) is 4.11. The standard InChI is InChI=1S/C19H28N4OS/c1-5-13(4)23-17(14-6-7-14)16(10-21-23)18(24)20-9-8-15-11-25-19(22-15)12(2)3/h10-14H,5-9H2,1-4H3,(H,20,24). The van der Waals surface area contributed by atoms with Gasteiger partial charge in [0.05, 0.1) is 28.2 Å². The van der Waals surface area contributed by atoms with Gasteiger partial charge in [0.25, 0.3) is 5.91 Å². The normalized spacial score (nSPS) is 15.6. The quantitative estimate of drug-likeness (QED) is 0.764. The first-order valence-electron chi connectivity index (χ1n) is 9.31. The Labute approximate surface area is 153 Å². The van der Waals surface area contributed by atoms with Crippen molar-refractivity contribution in [3.63, 3.8) is 0 Å².